The van der Waals surface area contributed by atoms with Crippen molar-refractivity contribution in [1.29, 1.82) is 0 Å². The Bertz CT molecular complexity index is 393. The second kappa shape index (κ2) is 2.59. The third-order valence-electron chi connectivity index (χ3n) is 2.54. The molecular weight excluding hydrogens is 160 g/mol. The van der Waals surface area contributed by atoms with Crippen molar-refractivity contribution < 1.29 is 0 Å². The van der Waals surface area contributed by atoms with Gasteiger partial charge in [0.25, 0.3) is 0 Å². The Morgan fingerprint density at radius 2 is 2.46 bits per heavy atom. The molecule has 0 saturated heterocycles. The molecule has 1 aliphatic carbocycles. The SMILES string of the molecule is [c]1ccc2nn(CC3CC3)cc2c1. The Labute approximate surface area is 77.2 Å². The van der Waals surface area contributed by atoms with Gasteiger partial charge in [-0.15, -0.1) is 0 Å². The van der Waals surface area contributed by atoms with Gasteiger partial charge in [-0.3, -0.25) is 4.68 Å². The number of rotatable bonds is 2. The Balaban J connectivity index is 2.00. The summed E-state index contributed by atoms with van der Waals surface area (Å²) >= 11 is 0. The maximum Gasteiger partial charge on any atom is 0.0923 e. The number of hydrogen-bond acceptors (Lipinski definition) is 1. The van der Waals surface area contributed by atoms with E-state index in [1.807, 2.05) is 18.2 Å². The van der Waals surface area contributed by atoms with Crippen LogP contribution in [0.3, 0.4) is 0 Å². The lowest BCUT2D eigenvalue weighted by atomic mass is 10.3. The molecule has 0 aliphatic heterocycles. The second-order valence-corrected chi connectivity index (χ2v) is 3.78. The van der Waals surface area contributed by atoms with Crippen LogP contribution in [-0.2, 0) is 6.54 Å². The molecule has 3 rings (SSSR count). The lowest BCUT2D eigenvalue weighted by Crippen LogP contribution is -1.99. The molecule has 0 spiro atoms. The fourth-order valence-corrected chi connectivity index (χ4v) is 1.62. The largest absolute Gasteiger partial charge is 0.271 e. The first-order chi connectivity index (χ1) is 6.42. The summed E-state index contributed by atoms with van der Waals surface area (Å²) in [5.41, 5.74) is 1.08. The molecule has 0 amide bonds. The molecule has 1 radical (unpaired) electrons. The molecule has 1 saturated carbocycles. The summed E-state index contributed by atoms with van der Waals surface area (Å²) in [4.78, 5) is 0. The molecule has 2 aromatic rings. The number of benzene rings is 1. The van der Waals surface area contributed by atoms with Crippen LogP contribution in [-0.4, -0.2) is 9.78 Å². The zero-order valence-corrected chi connectivity index (χ0v) is 7.40. The van der Waals surface area contributed by atoms with Crippen LogP contribution in [0.25, 0.3) is 10.9 Å². The van der Waals surface area contributed by atoms with Crippen LogP contribution in [0.1, 0.15) is 12.8 Å². The van der Waals surface area contributed by atoms with Crippen molar-refractivity contribution in [2.24, 2.45) is 5.92 Å². The van der Waals surface area contributed by atoms with Gasteiger partial charge in [0.2, 0.25) is 0 Å². The minimum atomic E-state index is 0.887. The maximum absolute atomic E-state index is 4.49. The van der Waals surface area contributed by atoms with Gasteiger partial charge >= 0.3 is 0 Å². The van der Waals surface area contributed by atoms with Gasteiger partial charge in [0.1, 0.15) is 0 Å². The zero-order valence-electron chi connectivity index (χ0n) is 7.40. The van der Waals surface area contributed by atoms with E-state index >= 15 is 0 Å². The summed E-state index contributed by atoms with van der Waals surface area (Å²) < 4.78 is 2.07. The fraction of sp³-hybridized carbons (Fsp3) is 0.364. The number of fused-ring (bicyclic) bond motifs is 1. The van der Waals surface area contributed by atoms with Crippen molar-refractivity contribution in [2.75, 3.05) is 0 Å². The highest BCUT2D eigenvalue weighted by Gasteiger charge is 2.21. The third-order valence-corrected chi connectivity index (χ3v) is 2.54. The zero-order chi connectivity index (χ0) is 8.67. The highest BCUT2D eigenvalue weighted by molar-refractivity contribution is 5.77. The Hall–Kier alpha value is -1.31. The summed E-state index contributed by atoms with van der Waals surface area (Å²) in [6.45, 7) is 1.09. The van der Waals surface area contributed by atoms with Gasteiger partial charge in [-0.05, 0) is 37.0 Å². The maximum atomic E-state index is 4.49. The first kappa shape index (κ1) is 7.13. The molecule has 13 heavy (non-hydrogen) atoms. The monoisotopic (exact) mass is 171 g/mol. The van der Waals surface area contributed by atoms with E-state index in [1.165, 1.54) is 18.2 Å². The smallest absolute Gasteiger partial charge is 0.0923 e. The predicted molar refractivity (Wildman–Crippen MR) is 51.3 cm³/mol. The van der Waals surface area contributed by atoms with Crippen LogP contribution in [0.15, 0.2) is 24.4 Å². The van der Waals surface area contributed by atoms with E-state index in [0.717, 1.165) is 18.0 Å². The Morgan fingerprint density at radius 3 is 3.23 bits per heavy atom. The van der Waals surface area contributed by atoms with E-state index < -0.39 is 0 Å². The normalized spacial score (nSPS) is 16.6. The van der Waals surface area contributed by atoms with E-state index in [-0.39, 0.29) is 0 Å². The molecule has 65 valence electrons. The van der Waals surface area contributed by atoms with Crippen molar-refractivity contribution in [3.8, 4) is 0 Å². The van der Waals surface area contributed by atoms with Crippen LogP contribution >= 0.6 is 0 Å². The average molecular weight is 171 g/mol. The molecule has 1 aliphatic rings. The van der Waals surface area contributed by atoms with Crippen LogP contribution in [0.2, 0.25) is 0 Å². The molecular formula is C11H11N2. The lowest BCUT2D eigenvalue weighted by molar-refractivity contribution is 0.568. The molecule has 2 nitrogen and oxygen atoms in total. The lowest BCUT2D eigenvalue weighted by Gasteiger charge is -1.95. The van der Waals surface area contributed by atoms with Gasteiger partial charge in [-0.1, -0.05) is 6.07 Å². The highest BCUT2D eigenvalue weighted by atomic mass is 15.3. The summed E-state index contributed by atoms with van der Waals surface area (Å²) in [5, 5.41) is 5.69. The number of aromatic nitrogens is 2. The van der Waals surface area contributed by atoms with Gasteiger partial charge in [0.05, 0.1) is 5.52 Å². The molecule has 0 bridgehead atoms. The Kier molecular flexibility index (Phi) is 1.42. The van der Waals surface area contributed by atoms with E-state index in [2.05, 4.69) is 22.0 Å². The van der Waals surface area contributed by atoms with Crippen molar-refractivity contribution in [3.63, 3.8) is 0 Å². The van der Waals surface area contributed by atoms with Gasteiger partial charge in [0.15, 0.2) is 0 Å². The van der Waals surface area contributed by atoms with Gasteiger partial charge < -0.3 is 0 Å². The quantitative estimate of drug-likeness (QED) is 0.677. The standard InChI is InChI=1S/C11H11N2/c1-2-4-11-10(3-1)8-13(12-11)7-9-5-6-9/h2-4,8-9H,5-7H2. The predicted octanol–water partition coefficient (Wildman–Crippen LogP) is 2.25. The van der Waals surface area contributed by atoms with Crippen molar-refractivity contribution in [2.45, 2.75) is 19.4 Å². The highest BCUT2D eigenvalue weighted by Crippen LogP contribution is 2.30. The molecule has 2 heteroatoms. The van der Waals surface area contributed by atoms with Crippen LogP contribution < -0.4 is 0 Å². The first-order valence-electron chi connectivity index (χ1n) is 4.75. The number of hydrogen-bond donors (Lipinski definition) is 0. The molecule has 1 heterocycles. The first-order valence-corrected chi connectivity index (χ1v) is 4.75. The second-order valence-electron chi connectivity index (χ2n) is 3.78. The van der Waals surface area contributed by atoms with E-state index in [1.54, 1.807) is 0 Å². The molecule has 0 unspecified atom stereocenters. The number of nitrogens with zero attached hydrogens (tertiary/aromatic N) is 2. The molecule has 0 atom stereocenters. The minimum absolute atomic E-state index is 0.887. The third kappa shape index (κ3) is 1.32. The van der Waals surface area contributed by atoms with Gasteiger partial charge in [-0.25, -0.2) is 0 Å². The topological polar surface area (TPSA) is 17.8 Å². The summed E-state index contributed by atoms with van der Waals surface area (Å²) in [5.74, 6) is 0.887. The van der Waals surface area contributed by atoms with E-state index in [9.17, 15) is 0 Å². The van der Waals surface area contributed by atoms with Crippen LogP contribution in [0, 0.1) is 12.0 Å². The van der Waals surface area contributed by atoms with Gasteiger partial charge in [-0.2, -0.15) is 5.10 Å². The van der Waals surface area contributed by atoms with Gasteiger partial charge in [0, 0.05) is 18.1 Å². The summed E-state index contributed by atoms with van der Waals surface area (Å²) in [7, 11) is 0. The molecule has 1 fully saturated rings. The molecule has 0 N–H and O–H groups in total. The van der Waals surface area contributed by atoms with Crippen LogP contribution in [0.5, 0.6) is 0 Å². The van der Waals surface area contributed by atoms with E-state index in [4.69, 9.17) is 0 Å². The van der Waals surface area contributed by atoms with Crippen molar-refractivity contribution in [3.05, 3.63) is 30.5 Å². The fourth-order valence-electron chi connectivity index (χ4n) is 1.62. The Morgan fingerprint density at radius 1 is 1.54 bits per heavy atom. The minimum Gasteiger partial charge on any atom is -0.271 e. The molecule has 1 aromatic carbocycles. The van der Waals surface area contributed by atoms with Crippen molar-refractivity contribution in [1.82, 2.24) is 9.78 Å². The summed E-state index contributed by atoms with van der Waals surface area (Å²) in [6.07, 6.45) is 4.87. The average Bonchev–Trinajstić information content (AvgIpc) is 2.85. The van der Waals surface area contributed by atoms with Crippen LogP contribution in [0.4, 0.5) is 0 Å². The van der Waals surface area contributed by atoms with E-state index in [0.29, 0.717) is 0 Å². The summed E-state index contributed by atoms with van der Waals surface area (Å²) in [6, 6.07) is 8.98. The van der Waals surface area contributed by atoms with Crippen molar-refractivity contribution >= 4 is 10.9 Å². The molecule has 1 aromatic heterocycles.